The zero-order valence-electron chi connectivity index (χ0n) is 19.5. The summed E-state index contributed by atoms with van der Waals surface area (Å²) in [5.41, 5.74) is 2.47. The predicted molar refractivity (Wildman–Crippen MR) is 129 cm³/mol. The fourth-order valence-electron chi connectivity index (χ4n) is 5.43. The summed E-state index contributed by atoms with van der Waals surface area (Å²) in [5.74, 6) is -1.42. The molecular weight excluding hydrogens is 486 g/mol. The van der Waals surface area contributed by atoms with Crippen molar-refractivity contribution >= 4 is 27.7 Å². The lowest BCUT2D eigenvalue weighted by molar-refractivity contribution is -0.155. The SMILES string of the molecule is C=C1NC2=C(C(=O)CC(C)(C)C2)C(c2cc(Br)c(O)c(OC)c2)C1C(=O)OC1CCCCC1. The summed E-state index contributed by atoms with van der Waals surface area (Å²) < 4.78 is 11.8. The molecule has 6 nitrogen and oxygen atoms in total. The monoisotopic (exact) mass is 517 g/mol. The van der Waals surface area contributed by atoms with Gasteiger partial charge in [0.2, 0.25) is 0 Å². The van der Waals surface area contributed by atoms with E-state index in [1.165, 1.54) is 7.11 Å². The van der Waals surface area contributed by atoms with Gasteiger partial charge in [-0.05, 0) is 71.1 Å². The molecule has 1 aromatic carbocycles. The van der Waals surface area contributed by atoms with Crippen molar-refractivity contribution in [2.45, 2.75) is 70.8 Å². The van der Waals surface area contributed by atoms with Crippen LogP contribution in [-0.4, -0.2) is 30.1 Å². The van der Waals surface area contributed by atoms with Gasteiger partial charge in [-0.15, -0.1) is 0 Å². The fourth-order valence-corrected chi connectivity index (χ4v) is 5.89. The lowest BCUT2D eigenvalue weighted by Crippen LogP contribution is -2.44. The Morgan fingerprint density at radius 1 is 1.21 bits per heavy atom. The molecular formula is C26H32BrNO5. The summed E-state index contributed by atoms with van der Waals surface area (Å²) in [4.78, 5) is 27.0. The van der Waals surface area contributed by atoms with E-state index in [0.29, 0.717) is 34.1 Å². The van der Waals surface area contributed by atoms with Crippen LogP contribution in [0.2, 0.25) is 0 Å². The average molecular weight is 518 g/mol. The Balaban J connectivity index is 1.81. The summed E-state index contributed by atoms with van der Waals surface area (Å²) in [7, 11) is 1.47. The molecule has 2 atom stereocenters. The Morgan fingerprint density at radius 3 is 2.58 bits per heavy atom. The number of carbonyl (C=O) groups excluding carboxylic acids is 2. The Kier molecular flexibility index (Phi) is 6.63. The third-order valence-corrected chi connectivity index (χ3v) is 7.57. The molecule has 0 amide bonds. The van der Waals surface area contributed by atoms with Crippen LogP contribution in [-0.2, 0) is 14.3 Å². The van der Waals surface area contributed by atoms with Gasteiger partial charge in [0.25, 0.3) is 0 Å². The van der Waals surface area contributed by atoms with Gasteiger partial charge in [-0.2, -0.15) is 0 Å². The normalized spacial score (nSPS) is 25.3. The van der Waals surface area contributed by atoms with Crippen LogP contribution in [0, 0.1) is 11.3 Å². The molecule has 178 valence electrons. The van der Waals surface area contributed by atoms with E-state index in [4.69, 9.17) is 9.47 Å². The van der Waals surface area contributed by atoms with E-state index in [1.54, 1.807) is 12.1 Å². The molecule has 0 radical (unpaired) electrons. The number of halogens is 1. The molecule has 3 aliphatic rings. The van der Waals surface area contributed by atoms with E-state index in [1.807, 2.05) is 0 Å². The van der Waals surface area contributed by atoms with Crippen LogP contribution in [0.15, 0.2) is 40.2 Å². The number of hydrogen-bond donors (Lipinski definition) is 2. The van der Waals surface area contributed by atoms with Gasteiger partial charge in [0.15, 0.2) is 17.3 Å². The van der Waals surface area contributed by atoms with Gasteiger partial charge in [0, 0.05) is 29.3 Å². The van der Waals surface area contributed by atoms with Crippen LogP contribution in [0.25, 0.3) is 0 Å². The van der Waals surface area contributed by atoms with Crippen LogP contribution in [0.5, 0.6) is 11.5 Å². The number of phenols is 1. The lowest BCUT2D eigenvalue weighted by atomic mass is 9.66. The molecule has 1 aliphatic heterocycles. The Labute approximate surface area is 203 Å². The van der Waals surface area contributed by atoms with Gasteiger partial charge < -0.3 is 19.9 Å². The van der Waals surface area contributed by atoms with Crippen molar-refractivity contribution in [1.82, 2.24) is 5.32 Å². The first kappa shape index (κ1) is 23.9. The number of nitrogens with one attached hydrogen (secondary N) is 1. The number of ketones is 1. The van der Waals surface area contributed by atoms with Gasteiger partial charge in [-0.1, -0.05) is 26.8 Å². The topological polar surface area (TPSA) is 84.9 Å². The number of rotatable bonds is 4. The highest BCUT2D eigenvalue weighted by molar-refractivity contribution is 9.10. The zero-order valence-corrected chi connectivity index (χ0v) is 21.1. The predicted octanol–water partition coefficient (Wildman–Crippen LogP) is 5.50. The molecule has 0 saturated heterocycles. The van der Waals surface area contributed by atoms with Gasteiger partial charge in [0.1, 0.15) is 12.0 Å². The van der Waals surface area contributed by atoms with E-state index >= 15 is 0 Å². The van der Waals surface area contributed by atoms with E-state index in [2.05, 4.69) is 41.7 Å². The van der Waals surface area contributed by atoms with Crippen molar-refractivity contribution in [1.29, 1.82) is 0 Å². The number of allylic oxidation sites excluding steroid dienone is 2. The number of methoxy groups -OCH3 is 1. The summed E-state index contributed by atoms with van der Waals surface area (Å²) in [5, 5.41) is 13.6. The summed E-state index contributed by atoms with van der Waals surface area (Å²) in [6, 6.07) is 3.45. The van der Waals surface area contributed by atoms with Crippen LogP contribution in [0.1, 0.15) is 70.3 Å². The number of hydrogen-bond acceptors (Lipinski definition) is 6. The number of aromatic hydroxyl groups is 1. The third-order valence-electron chi connectivity index (χ3n) is 6.97. The molecule has 7 heteroatoms. The van der Waals surface area contributed by atoms with Crippen molar-refractivity contribution in [3.05, 3.63) is 45.7 Å². The second-order valence-corrected chi connectivity index (χ2v) is 11.0. The largest absolute Gasteiger partial charge is 0.503 e. The van der Waals surface area contributed by atoms with Gasteiger partial charge in [-0.25, -0.2) is 0 Å². The standard InChI is InChI=1S/C26H32BrNO5/c1-14-21(25(31)33-16-8-6-5-7-9-16)22(15-10-17(27)24(30)20(11-15)32-4)23-18(28-14)12-26(2,3)13-19(23)29/h10-11,16,21-22,28,30H,1,5-9,12-13H2,2-4H3. The molecule has 1 heterocycles. The second-order valence-electron chi connectivity index (χ2n) is 10.2. The number of benzene rings is 1. The van der Waals surface area contributed by atoms with Crippen molar-refractivity contribution < 1.29 is 24.2 Å². The Bertz CT molecular complexity index is 1020. The number of esters is 1. The first-order valence-corrected chi connectivity index (χ1v) is 12.4. The van der Waals surface area contributed by atoms with Crippen molar-refractivity contribution in [2.75, 3.05) is 7.11 Å². The third kappa shape index (κ3) is 4.70. The second kappa shape index (κ2) is 9.16. The highest BCUT2D eigenvalue weighted by Gasteiger charge is 2.47. The van der Waals surface area contributed by atoms with Gasteiger partial charge >= 0.3 is 5.97 Å². The highest BCUT2D eigenvalue weighted by Crippen LogP contribution is 2.50. The highest BCUT2D eigenvalue weighted by atomic mass is 79.9. The number of Topliss-reactive ketones (excluding diaryl/α,β-unsaturated/α-hetero) is 1. The quantitative estimate of drug-likeness (QED) is 0.513. The number of carbonyl (C=O) groups is 2. The first-order chi connectivity index (χ1) is 15.6. The summed E-state index contributed by atoms with van der Waals surface area (Å²) in [6.45, 7) is 8.32. The van der Waals surface area contributed by atoms with E-state index in [0.717, 1.165) is 37.8 Å². The van der Waals surface area contributed by atoms with Crippen molar-refractivity contribution in [3.8, 4) is 11.5 Å². The molecule has 1 saturated carbocycles. The molecule has 1 fully saturated rings. The first-order valence-electron chi connectivity index (χ1n) is 11.6. The maximum Gasteiger partial charge on any atom is 0.316 e. The van der Waals surface area contributed by atoms with Gasteiger partial charge in [0.05, 0.1) is 11.6 Å². The van der Waals surface area contributed by atoms with E-state index in [-0.39, 0.29) is 34.8 Å². The molecule has 4 rings (SSSR count). The minimum Gasteiger partial charge on any atom is -0.503 e. The maximum atomic E-state index is 13.5. The van der Waals surface area contributed by atoms with E-state index < -0.39 is 11.8 Å². The molecule has 33 heavy (non-hydrogen) atoms. The lowest BCUT2D eigenvalue weighted by Gasteiger charge is -2.42. The Hall–Kier alpha value is -2.28. The number of ether oxygens (including phenoxy) is 2. The molecule has 0 bridgehead atoms. The molecule has 1 aromatic rings. The van der Waals surface area contributed by atoms with E-state index in [9.17, 15) is 14.7 Å². The molecule has 2 aliphatic carbocycles. The van der Waals surface area contributed by atoms with Crippen LogP contribution >= 0.6 is 15.9 Å². The van der Waals surface area contributed by atoms with Gasteiger partial charge in [-0.3, -0.25) is 9.59 Å². The Morgan fingerprint density at radius 2 is 1.91 bits per heavy atom. The molecule has 2 unspecified atom stereocenters. The minimum atomic E-state index is -0.753. The molecule has 0 aromatic heterocycles. The minimum absolute atomic E-state index is 0.0184. The summed E-state index contributed by atoms with van der Waals surface area (Å²) >= 11 is 3.39. The maximum absolute atomic E-state index is 13.5. The fraction of sp³-hybridized carbons (Fsp3) is 0.538. The molecule has 2 N–H and O–H groups in total. The van der Waals surface area contributed by atoms with Crippen molar-refractivity contribution in [3.63, 3.8) is 0 Å². The van der Waals surface area contributed by atoms with Crippen LogP contribution < -0.4 is 10.1 Å². The average Bonchev–Trinajstić information content (AvgIpc) is 2.74. The van der Waals surface area contributed by atoms with Crippen LogP contribution in [0.3, 0.4) is 0 Å². The number of phenolic OH excluding ortho intramolecular Hbond substituents is 1. The van der Waals surface area contributed by atoms with Crippen LogP contribution in [0.4, 0.5) is 0 Å². The smallest absolute Gasteiger partial charge is 0.316 e. The summed E-state index contributed by atoms with van der Waals surface area (Å²) in [6.07, 6.45) is 5.98. The zero-order chi connectivity index (χ0) is 23.9. The van der Waals surface area contributed by atoms with Crippen molar-refractivity contribution in [2.24, 2.45) is 11.3 Å². The molecule has 0 spiro atoms.